The fourth-order valence-electron chi connectivity index (χ4n) is 2.09. The molecular weight excluding hydrogens is 350 g/mol. The number of rotatable bonds is 4. The zero-order valence-corrected chi connectivity index (χ0v) is 14.2. The Bertz CT molecular complexity index is 886. The van der Waals surface area contributed by atoms with Crippen molar-refractivity contribution in [3.05, 3.63) is 70.1 Å². The van der Waals surface area contributed by atoms with Crippen molar-refractivity contribution in [1.29, 1.82) is 0 Å². The third kappa shape index (κ3) is 3.93. The van der Waals surface area contributed by atoms with Gasteiger partial charge in [0.2, 0.25) is 5.95 Å². The minimum Gasteiger partial charge on any atom is -0.338 e. The predicted molar refractivity (Wildman–Crippen MR) is 96.2 cm³/mol. The Morgan fingerprint density at radius 2 is 1.71 bits per heavy atom. The maximum absolute atomic E-state index is 13.8. The number of aromatic nitrogens is 2. The molecule has 0 bridgehead atoms. The van der Waals surface area contributed by atoms with Gasteiger partial charge in [0, 0.05) is 17.4 Å². The molecule has 0 atom stereocenters. The van der Waals surface area contributed by atoms with Gasteiger partial charge in [0.1, 0.15) is 11.6 Å². The zero-order chi connectivity index (χ0) is 17.1. The van der Waals surface area contributed by atoms with Crippen LogP contribution in [0.25, 0.3) is 0 Å². The van der Waals surface area contributed by atoms with Crippen LogP contribution in [0.3, 0.4) is 0 Å². The topological polar surface area (TPSA) is 49.8 Å². The highest BCUT2D eigenvalue weighted by atomic mass is 35.5. The monoisotopic (exact) mass is 362 g/mol. The summed E-state index contributed by atoms with van der Waals surface area (Å²) < 4.78 is 13.8. The number of benzene rings is 2. The van der Waals surface area contributed by atoms with Crippen molar-refractivity contribution >= 4 is 46.3 Å². The molecule has 2 aromatic carbocycles. The van der Waals surface area contributed by atoms with Crippen LogP contribution in [0.2, 0.25) is 10.0 Å². The molecule has 1 aromatic heterocycles. The van der Waals surface area contributed by atoms with E-state index in [9.17, 15) is 4.39 Å². The average Bonchev–Trinajstić information content (AvgIpc) is 2.53. The van der Waals surface area contributed by atoms with Crippen molar-refractivity contribution in [2.24, 2.45) is 0 Å². The molecule has 24 heavy (non-hydrogen) atoms. The number of aryl methyl sites for hydroxylation is 1. The lowest BCUT2D eigenvalue weighted by Gasteiger charge is -2.11. The van der Waals surface area contributed by atoms with Crippen LogP contribution in [-0.2, 0) is 0 Å². The van der Waals surface area contributed by atoms with Crippen LogP contribution in [0, 0.1) is 12.7 Å². The molecule has 0 saturated carbocycles. The van der Waals surface area contributed by atoms with E-state index < -0.39 is 0 Å². The van der Waals surface area contributed by atoms with Crippen molar-refractivity contribution in [2.45, 2.75) is 6.92 Å². The molecule has 0 aliphatic carbocycles. The number of nitrogens with zero attached hydrogens (tertiary/aromatic N) is 2. The van der Waals surface area contributed by atoms with E-state index >= 15 is 0 Å². The molecule has 0 radical (unpaired) electrons. The van der Waals surface area contributed by atoms with E-state index in [1.54, 1.807) is 42.5 Å². The molecule has 4 nitrogen and oxygen atoms in total. The lowest BCUT2D eigenvalue weighted by Crippen LogP contribution is -2.03. The molecular formula is C17H13Cl2FN4. The third-order valence-corrected chi connectivity index (χ3v) is 3.91. The van der Waals surface area contributed by atoms with Crippen LogP contribution in [0.1, 0.15) is 5.69 Å². The Kier molecular flexibility index (Phi) is 4.83. The Hall–Kier alpha value is -2.37. The molecule has 3 aromatic rings. The number of nitrogens with one attached hydrogen (secondary N) is 2. The Balaban J connectivity index is 1.86. The number of para-hydroxylation sites is 1. The summed E-state index contributed by atoms with van der Waals surface area (Å²) in [5.41, 5.74) is 1.77. The molecule has 2 N–H and O–H groups in total. The van der Waals surface area contributed by atoms with E-state index in [1.807, 2.05) is 6.92 Å². The predicted octanol–water partition coefficient (Wildman–Crippen LogP) is 5.72. The van der Waals surface area contributed by atoms with Crippen LogP contribution in [0.15, 0.2) is 48.5 Å². The molecule has 0 fully saturated rings. The molecule has 0 aliphatic rings. The molecule has 0 amide bonds. The smallest absolute Gasteiger partial charge is 0.229 e. The number of halogens is 3. The van der Waals surface area contributed by atoms with Gasteiger partial charge in [-0.25, -0.2) is 9.37 Å². The van der Waals surface area contributed by atoms with Gasteiger partial charge in [0.15, 0.2) is 0 Å². The van der Waals surface area contributed by atoms with Crippen LogP contribution >= 0.6 is 23.2 Å². The molecule has 0 aliphatic heterocycles. The number of anilines is 4. The lowest BCUT2D eigenvalue weighted by molar-refractivity contribution is 0.632. The SMILES string of the molecule is Cc1cc(Nc2ccccc2F)nc(Nc2ccc(Cl)c(Cl)c2)n1. The standard InChI is InChI=1S/C17H13Cl2FN4/c1-10-8-16(23-15-5-3-2-4-14(15)20)24-17(21-10)22-11-6-7-12(18)13(19)9-11/h2-9H,1H3,(H2,21,22,23,24). The summed E-state index contributed by atoms with van der Waals surface area (Å²) in [6.45, 7) is 1.83. The van der Waals surface area contributed by atoms with Gasteiger partial charge >= 0.3 is 0 Å². The summed E-state index contributed by atoms with van der Waals surface area (Å²) >= 11 is 11.9. The summed E-state index contributed by atoms with van der Waals surface area (Å²) in [5, 5.41) is 6.90. The largest absolute Gasteiger partial charge is 0.338 e. The first-order chi connectivity index (χ1) is 11.5. The second-order valence-electron chi connectivity index (χ2n) is 5.08. The lowest BCUT2D eigenvalue weighted by atomic mass is 10.3. The first-order valence-electron chi connectivity index (χ1n) is 7.10. The molecule has 7 heteroatoms. The fourth-order valence-corrected chi connectivity index (χ4v) is 2.39. The molecule has 1 heterocycles. The molecule has 0 spiro atoms. The van der Waals surface area contributed by atoms with Gasteiger partial charge in [-0.3, -0.25) is 0 Å². The normalized spacial score (nSPS) is 10.5. The van der Waals surface area contributed by atoms with E-state index in [0.29, 0.717) is 33.2 Å². The first kappa shape index (κ1) is 16.5. The molecule has 0 unspecified atom stereocenters. The van der Waals surface area contributed by atoms with Crippen LogP contribution in [0.4, 0.5) is 27.5 Å². The molecule has 3 rings (SSSR count). The highest BCUT2D eigenvalue weighted by Crippen LogP contribution is 2.27. The zero-order valence-electron chi connectivity index (χ0n) is 12.6. The maximum Gasteiger partial charge on any atom is 0.229 e. The number of hydrogen-bond donors (Lipinski definition) is 2. The van der Waals surface area contributed by atoms with Gasteiger partial charge in [-0.05, 0) is 37.3 Å². The minimum atomic E-state index is -0.354. The second kappa shape index (κ2) is 7.03. The van der Waals surface area contributed by atoms with E-state index in [-0.39, 0.29) is 5.82 Å². The quantitative estimate of drug-likeness (QED) is 0.623. The highest BCUT2D eigenvalue weighted by molar-refractivity contribution is 6.42. The van der Waals surface area contributed by atoms with E-state index in [1.165, 1.54) is 6.07 Å². The molecule has 0 saturated heterocycles. The van der Waals surface area contributed by atoms with Crippen molar-refractivity contribution in [3.63, 3.8) is 0 Å². The van der Waals surface area contributed by atoms with Crippen LogP contribution in [0.5, 0.6) is 0 Å². The van der Waals surface area contributed by atoms with E-state index in [0.717, 1.165) is 5.69 Å². The summed E-state index contributed by atoms with van der Waals surface area (Å²) in [7, 11) is 0. The van der Waals surface area contributed by atoms with Crippen molar-refractivity contribution < 1.29 is 4.39 Å². The van der Waals surface area contributed by atoms with Gasteiger partial charge in [-0.2, -0.15) is 4.98 Å². The summed E-state index contributed by atoms with van der Waals surface area (Å²) in [6.07, 6.45) is 0. The highest BCUT2D eigenvalue weighted by Gasteiger charge is 2.07. The summed E-state index contributed by atoms with van der Waals surface area (Å²) in [4.78, 5) is 8.65. The Labute approximate surface area is 148 Å². The average molecular weight is 363 g/mol. The van der Waals surface area contributed by atoms with Crippen molar-refractivity contribution in [2.75, 3.05) is 10.6 Å². The Morgan fingerprint density at radius 3 is 2.46 bits per heavy atom. The van der Waals surface area contributed by atoms with Gasteiger partial charge in [-0.15, -0.1) is 0 Å². The van der Waals surface area contributed by atoms with E-state index in [2.05, 4.69) is 20.6 Å². The number of hydrogen-bond acceptors (Lipinski definition) is 4. The Morgan fingerprint density at radius 1 is 0.917 bits per heavy atom. The van der Waals surface area contributed by atoms with Gasteiger partial charge in [0.05, 0.1) is 15.7 Å². The third-order valence-electron chi connectivity index (χ3n) is 3.17. The van der Waals surface area contributed by atoms with Crippen molar-refractivity contribution in [3.8, 4) is 0 Å². The summed E-state index contributed by atoms with van der Waals surface area (Å²) in [5.74, 6) is 0.496. The van der Waals surface area contributed by atoms with Gasteiger partial charge in [-0.1, -0.05) is 35.3 Å². The van der Waals surface area contributed by atoms with Crippen molar-refractivity contribution in [1.82, 2.24) is 9.97 Å². The molecule has 122 valence electrons. The van der Waals surface area contributed by atoms with Gasteiger partial charge in [0.25, 0.3) is 0 Å². The van der Waals surface area contributed by atoms with Gasteiger partial charge < -0.3 is 10.6 Å². The summed E-state index contributed by atoms with van der Waals surface area (Å²) in [6, 6.07) is 13.2. The van der Waals surface area contributed by atoms with Crippen LogP contribution in [-0.4, -0.2) is 9.97 Å². The second-order valence-corrected chi connectivity index (χ2v) is 5.89. The minimum absolute atomic E-state index is 0.344. The first-order valence-corrected chi connectivity index (χ1v) is 7.86. The fraction of sp³-hybridized carbons (Fsp3) is 0.0588. The van der Waals surface area contributed by atoms with Crippen LogP contribution < -0.4 is 10.6 Å². The van der Waals surface area contributed by atoms with E-state index in [4.69, 9.17) is 23.2 Å². The maximum atomic E-state index is 13.8.